The molecule has 0 radical (unpaired) electrons. The highest BCUT2D eigenvalue weighted by molar-refractivity contribution is 7.90. The van der Waals surface area contributed by atoms with Crippen molar-refractivity contribution in [2.24, 2.45) is 11.8 Å². The van der Waals surface area contributed by atoms with Crippen molar-refractivity contribution in [2.45, 2.75) is 30.8 Å². The maximum absolute atomic E-state index is 12.2. The fourth-order valence-corrected chi connectivity index (χ4v) is 4.35. The van der Waals surface area contributed by atoms with Crippen LogP contribution in [0, 0.1) is 11.8 Å². The number of carbonyl (C=O) groups excluding carboxylic acids is 1. The number of sulfonamides is 1. The number of carbonyl (C=O) groups is 1. The lowest BCUT2D eigenvalue weighted by atomic mass is 10.0. The second-order valence-corrected chi connectivity index (χ2v) is 7.89. The zero-order valence-electron chi connectivity index (χ0n) is 12.7. The number of rotatable bonds is 4. The highest BCUT2D eigenvalue weighted by Gasteiger charge is 2.36. The Morgan fingerprint density at radius 3 is 2.35 bits per heavy atom. The molecule has 2 atom stereocenters. The predicted molar refractivity (Wildman–Crippen MR) is 83.6 cm³/mol. The van der Waals surface area contributed by atoms with Crippen LogP contribution in [0.3, 0.4) is 0 Å². The second kappa shape index (κ2) is 6.46. The summed E-state index contributed by atoms with van der Waals surface area (Å²) in [5, 5.41) is 10.8. The highest BCUT2D eigenvalue weighted by atomic mass is 32.2. The third-order valence-electron chi connectivity index (χ3n) is 4.63. The van der Waals surface area contributed by atoms with Crippen LogP contribution in [0.25, 0.3) is 0 Å². The van der Waals surface area contributed by atoms with E-state index in [2.05, 4.69) is 5.43 Å². The maximum atomic E-state index is 12.2. The molecule has 1 aliphatic heterocycles. The molecule has 1 aromatic rings. The van der Waals surface area contributed by atoms with Crippen LogP contribution in [0.4, 0.5) is 4.79 Å². The molecule has 1 aromatic carbocycles. The molecule has 23 heavy (non-hydrogen) atoms. The van der Waals surface area contributed by atoms with Crippen molar-refractivity contribution in [1.82, 2.24) is 15.2 Å². The van der Waals surface area contributed by atoms with E-state index in [0.29, 0.717) is 17.4 Å². The van der Waals surface area contributed by atoms with Crippen LogP contribution in [-0.2, 0) is 16.6 Å². The first-order valence-electron chi connectivity index (χ1n) is 7.76. The van der Waals surface area contributed by atoms with Gasteiger partial charge in [0, 0.05) is 13.1 Å². The van der Waals surface area contributed by atoms with Crippen LogP contribution in [-0.4, -0.2) is 37.7 Å². The number of benzene rings is 1. The van der Waals surface area contributed by atoms with Crippen LogP contribution in [0.2, 0.25) is 0 Å². The Hall–Kier alpha value is -1.64. The minimum atomic E-state index is -3.92. The van der Waals surface area contributed by atoms with Gasteiger partial charge < -0.3 is 5.11 Å². The molecule has 1 heterocycles. The molecule has 1 saturated heterocycles. The predicted octanol–water partition coefficient (Wildman–Crippen LogP) is 0.814. The monoisotopic (exact) mass is 339 g/mol. The molecule has 0 aromatic heterocycles. The average molecular weight is 339 g/mol. The maximum Gasteiger partial charge on any atom is 0.343 e. The summed E-state index contributed by atoms with van der Waals surface area (Å²) < 4.78 is 26.3. The number of aliphatic hydroxyl groups excluding tert-OH is 1. The molecule has 3 N–H and O–H groups in total. The highest BCUT2D eigenvalue weighted by Crippen LogP contribution is 2.36. The summed E-state index contributed by atoms with van der Waals surface area (Å²) in [6.07, 6.45) is 3.60. The Balaban J connectivity index is 1.58. The lowest BCUT2D eigenvalue weighted by Crippen LogP contribution is -2.48. The smallest absolute Gasteiger partial charge is 0.343 e. The van der Waals surface area contributed by atoms with Gasteiger partial charge in [-0.3, -0.25) is 5.43 Å². The molecule has 7 nitrogen and oxygen atoms in total. The summed E-state index contributed by atoms with van der Waals surface area (Å²) in [5.74, 6) is 1.22. The fourth-order valence-electron chi connectivity index (χ4n) is 3.45. The van der Waals surface area contributed by atoms with E-state index in [1.54, 1.807) is 5.01 Å². The number of fused-ring (bicyclic) bond motifs is 1. The van der Waals surface area contributed by atoms with Gasteiger partial charge in [-0.2, -0.15) is 0 Å². The van der Waals surface area contributed by atoms with Gasteiger partial charge in [-0.25, -0.2) is 22.9 Å². The molecule has 0 unspecified atom stereocenters. The largest absolute Gasteiger partial charge is 0.392 e. The summed E-state index contributed by atoms with van der Waals surface area (Å²) in [4.78, 5) is 11.9. The standard InChI is InChI=1S/C15H21N3O4S/c19-10-11-4-6-14(7-5-11)23(21,22)17-15(20)16-18-8-12-2-1-3-13(12)9-18/h4-7,12-13,19H,1-3,8-10H2,(H2,16,17,20)/t12-,13-/m1/s1. The van der Waals surface area contributed by atoms with Crippen LogP contribution in [0.15, 0.2) is 29.2 Å². The van der Waals surface area contributed by atoms with Crippen LogP contribution in [0.1, 0.15) is 24.8 Å². The van der Waals surface area contributed by atoms with Gasteiger partial charge in [-0.1, -0.05) is 18.6 Å². The van der Waals surface area contributed by atoms with Gasteiger partial charge >= 0.3 is 6.03 Å². The normalized spacial score (nSPS) is 24.4. The number of hydrogen-bond donors (Lipinski definition) is 3. The van der Waals surface area contributed by atoms with Gasteiger partial charge in [0.2, 0.25) is 0 Å². The van der Waals surface area contributed by atoms with E-state index in [0.717, 1.165) is 13.1 Å². The van der Waals surface area contributed by atoms with Crippen molar-refractivity contribution < 1.29 is 18.3 Å². The first-order chi connectivity index (χ1) is 11.0. The summed E-state index contributed by atoms with van der Waals surface area (Å²) in [7, 11) is -3.92. The van der Waals surface area contributed by atoms with Crippen molar-refractivity contribution in [3.8, 4) is 0 Å². The van der Waals surface area contributed by atoms with Crippen molar-refractivity contribution >= 4 is 16.1 Å². The van der Waals surface area contributed by atoms with Crippen molar-refractivity contribution in [3.63, 3.8) is 0 Å². The first-order valence-corrected chi connectivity index (χ1v) is 9.24. The van der Waals surface area contributed by atoms with E-state index < -0.39 is 16.1 Å². The quantitative estimate of drug-likeness (QED) is 0.754. The number of aliphatic hydroxyl groups is 1. The molecular formula is C15H21N3O4S. The van der Waals surface area contributed by atoms with Crippen LogP contribution >= 0.6 is 0 Å². The Kier molecular flexibility index (Phi) is 4.56. The Morgan fingerprint density at radius 1 is 1.17 bits per heavy atom. The number of hydrogen-bond acceptors (Lipinski definition) is 5. The van der Waals surface area contributed by atoms with E-state index in [9.17, 15) is 13.2 Å². The zero-order chi connectivity index (χ0) is 16.4. The van der Waals surface area contributed by atoms with Gasteiger partial charge in [0.1, 0.15) is 0 Å². The number of amides is 2. The van der Waals surface area contributed by atoms with Gasteiger partial charge in [0.05, 0.1) is 11.5 Å². The van der Waals surface area contributed by atoms with Gasteiger partial charge in [0.25, 0.3) is 10.0 Å². The summed E-state index contributed by atoms with van der Waals surface area (Å²) in [6.45, 7) is 1.40. The lowest BCUT2D eigenvalue weighted by molar-refractivity contribution is 0.195. The summed E-state index contributed by atoms with van der Waals surface area (Å²) in [5.41, 5.74) is 3.23. The Morgan fingerprint density at radius 2 is 1.78 bits per heavy atom. The van der Waals surface area contributed by atoms with E-state index in [1.165, 1.54) is 43.5 Å². The minimum absolute atomic E-state index is 0.0110. The molecule has 0 spiro atoms. The number of hydrazine groups is 1. The molecule has 2 fully saturated rings. The fraction of sp³-hybridized carbons (Fsp3) is 0.533. The molecule has 2 amide bonds. The third kappa shape index (κ3) is 3.65. The van der Waals surface area contributed by atoms with Crippen LogP contribution < -0.4 is 10.1 Å². The molecule has 2 aliphatic rings. The summed E-state index contributed by atoms with van der Waals surface area (Å²) in [6, 6.07) is 5.00. The Labute approximate surface area is 135 Å². The van der Waals surface area contributed by atoms with E-state index in [1.807, 2.05) is 4.72 Å². The van der Waals surface area contributed by atoms with Gasteiger partial charge in [0.15, 0.2) is 0 Å². The average Bonchev–Trinajstić information content (AvgIpc) is 3.07. The molecule has 0 bridgehead atoms. The van der Waals surface area contributed by atoms with E-state index >= 15 is 0 Å². The lowest BCUT2D eigenvalue weighted by Gasteiger charge is -2.18. The SMILES string of the molecule is O=C(NN1C[C@H]2CCC[C@@H]2C1)NS(=O)(=O)c1ccc(CO)cc1. The van der Waals surface area contributed by atoms with Crippen molar-refractivity contribution in [1.29, 1.82) is 0 Å². The molecule has 8 heteroatoms. The Bertz CT molecular complexity index is 662. The zero-order valence-corrected chi connectivity index (χ0v) is 13.6. The number of nitrogens with one attached hydrogen (secondary N) is 2. The first kappa shape index (κ1) is 16.2. The number of urea groups is 1. The van der Waals surface area contributed by atoms with Gasteiger partial charge in [-0.15, -0.1) is 0 Å². The topological polar surface area (TPSA) is 98.7 Å². The molecule has 1 saturated carbocycles. The molecule has 1 aliphatic carbocycles. The van der Waals surface area contributed by atoms with E-state index in [-0.39, 0.29) is 11.5 Å². The van der Waals surface area contributed by atoms with Crippen molar-refractivity contribution in [3.05, 3.63) is 29.8 Å². The third-order valence-corrected chi connectivity index (χ3v) is 5.98. The molecule has 126 valence electrons. The van der Waals surface area contributed by atoms with Crippen molar-refractivity contribution in [2.75, 3.05) is 13.1 Å². The number of nitrogens with zero attached hydrogens (tertiary/aromatic N) is 1. The van der Waals surface area contributed by atoms with Crippen LogP contribution in [0.5, 0.6) is 0 Å². The minimum Gasteiger partial charge on any atom is -0.392 e. The molecule has 3 rings (SSSR count). The molecular weight excluding hydrogens is 318 g/mol. The van der Waals surface area contributed by atoms with E-state index in [4.69, 9.17) is 5.11 Å². The van der Waals surface area contributed by atoms with Gasteiger partial charge in [-0.05, 0) is 42.4 Å². The summed E-state index contributed by atoms with van der Waals surface area (Å²) >= 11 is 0. The second-order valence-electron chi connectivity index (χ2n) is 6.20.